The summed E-state index contributed by atoms with van der Waals surface area (Å²) in [7, 11) is -4.51. The van der Waals surface area contributed by atoms with Crippen molar-refractivity contribution in [3.8, 4) is 0 Å². The van der Waals surface area contributed by atoms with Crippen molar-refractivity contribution in [2.24, 2.45) is 0 Å². The number of benzene rings is 1. The van der Waals surface area contributed by atoms with E-state index in [1.165, 1.54) is 4.68 Å². The average molecular weight is 587 g/mol. The molecule has 2 aromatic heterocycles. The molecule has 0 bridgehead atoms. The summed E-state index contributed by atoms with van der Waals surface area (Å²) >= 11 is 12.5. The highest BCUT2D eigenvalue weighted by Gasteiger charge is 2.56. The summed E-state index contributed by atoms with van der Waals surface area (Å²) in [6.45, 7) is 3.83. The van der Waals surface area contributed by atoms with Crippen LogP contribution in [0, 0.1) is 0 Å². The molecule has 4 N–H and O–H groups in total. The lowest BCUT2D eigenvalue weighted by atomic mass is 10.1. The Labute approximate surface area is 226 Å². The van der Waals surface area contributed by atoms with Gasteiger partial charge in [-0.15, -0.1) is 0 Å². The van der Waals surface area contributed by atoms with Gasteiger partial charge in [-0.25, -0.2) is 4.68 Å². The Morgan fingerprint density at radius 1 is 1.18 bits per heavy atom. The van der Waals surface area contributed by atoms with Crippen LogP contribution in [0.1, 0.15) is 25.6 Å². The average Bonchev–Trinajstić information content (AvgIpc) is 3.46. The molecule has 2 fully saturated rings. The maximum absolute atomic E-state index is 12.0. The number of rotatable bonds is 8. The molecule has 0 unspecified atom stereocenters. The fourth-order valence-corrected chi connectivity index (χ4v) is 5.37. The van der Waals surface area contributed by atoms with E-state index < -0.39 is 50.0 Å². The van der Waals surface area contributed by atoms with Crippen molar-refractivity contribution < 1.29 is 33.4 Å². The minimum Gasteiger partial charge on any atom is -0.365 e. The van der Waals surface area contributed by atoms with Gasteiger partial charge in [0.2, 0.25) is 11.2 Å². The molecule has 1 amide bonds. The van der Waals surface area contributed by atoms with E-state index in [1.54, 1.807) is 26.1 Å². The molecule has 0 saturated carbocycles. The standard InChI is InChI=1S/C22H25Cl2N6O7P/c1-22(2)36-16-14(9-25-15(31)10-38(32,33)34)35-20(17(16)37-22)30-19-12(8-27-30)18(28-21(24)29-19)26-7-11-5-3-4-6-13(11)23/h3-6,8,14,16-17,20H,7,9-10H2,1-2H3,(H,25,31)(H,26,28,29)(H2,32,33,34)/t14-,16-,17-,20-/m1/s1. The van der Waals surface area contributed by atoms with Crippen LogP contribution in [0.5, 0.6) is 0 Å². The molecular weight excluding hydrogens is 562 g/mol. The summed E-state index contributed by atoms with van der Waals surface area (Å²) < 4.78 is 31.0. The second kappa shape index (κ2) is 10.3. The van der Waals surface area contributed by atoms with Gasteiger partial charge in [-0.05, 0) is 37.1 Å². The SMILES string of the molecule is CC1(C)O[C@@H]2[C@H](O1)[C@@H](CNC(=O)CP(=O)(O)O)O[C@H]2n1ncc2c(NCc3ccccc3Cl)nc(Cl)nc21. The first-order chi connectivity index (χ1) is 17.9. The van der Waals surface area contributed by atoms with E-state index in [0.717, 1.165) is 5.56 Å². The first-order valence-corrected chi connectivity index (χ1v) is 14.2. The number of aromatic nitrogens is 4. The Morgan fingerprint density at radius 3 is 2.66 bits per heavy atom. The molecule has 3 aromatic rings. The van der Waals surface area contributed by atoms with Gasteiger partial charge in [-0.2, -0.15) is 15.1 Å². The van der Waals surface area contributed by atoms with E-state index in [0.29, 0.717) is 28.4 Å². The minimum absolute atomic E-state index is 0.0133. The van der Waals surface area contributed by atoms with Gasteiger partial charge in [0.05, 0.1) is 11.6 Å². The first-order valence-electron chi connectivity index (χ1n) is 11.6. The van der Waals surface area contributed by atoms with Gasteiger partial charge >= 0.3 is 7.60 Å². The number of anilines is 1. The Hall–Kier alpha value is -2.35. The molecule has 16 heteroatoms. The van der Waals surface area contributed by atoms with Gasteiger partial charge in [0, 0.05) is 18.1 Å². The van der Waals surface area contributed by atoms with E-state index in [-0.39, 0.29) is 11.8 Å². The third-order valence-corrected chi connectivity index (χ3v) is 7.28. The van der Waals surface area contributed by atoms with E-state index in [4.69, 9.17) is 47.2 Å². The second-order valence-corrected chi connectivity index (χ2v) is 11.8. The molecule has 38 heavy (non-hydrogen) atoms. The molecule has 4 heterocycles. The molecular formula is C22H25Cl2N6O7P. The Kier molecular flexibility index (Phi) is 7.40. The molecule has 0 radical (unpaired) electrons. The van der Waals surface area contributed by atoms with Crippen LogP contribution in [0.15, 0.2) is 30.5 Å². The quantitative estimate of drug-likeness (QED) is 0.226. The molecule has 2 aliphatic rings. The van der Waals surface area contributed by atoms with Crippen LogP contribution in [0.4, 0.5) is 5.82 Å². The molecule has 204 valence electrons. The second-order valence-electron chi connectivity index (χ2n) is 9.37. The molecule has 5 rings (SSSR count). The topological polar surface area (TPSA) is 170 Å². The summed E-state index contributed by atoms with van der Waals surface area (Å²) in [4.78, 5) is 38.8. The molecule has 4 atom stereocenters. The third-order valence-electron chi connectivity index (χ3n) is 6.05. The zero-order valence-electron chi connectivity index (χ0n) is 20.2. The van der Waals surface area contributed by atoms with E-state index >= 15 is 0 Å². The van der Waals surface area contributed by atoms with Crippen molar-refractivity contribution in [1.82, 2.24) is 25.1 Å². The smallest absolute Gasteiger partial charge is 0.334 e. The molecule has 0 aliphatic carbocycles. The van der Waals surface area contributed by atoms with Crippen molar-refractivity contribution in [2.45, 2.75) is 50.7 Å². The Morgan fingerprint density at radius 2 is 1.92 bits per heavy atom. The zero-order chi connectivity index (χ0) is 27.2. The van der Waals surface area contributed by atoms with Crippen LogP contribution in [0.25, 0.3) is 11.0 Å². The predicted octanol–water partition coefficient (Wildman–Crippen LogP) is 2.46. The first kappa shape index (κ1) is 27.2. The van der Waals surface area contributed by atoms with Gasteiger partial charge in [0.1, 0.15) is 30.3 Å². The van der Waals surface area contributed by atoms with E-state index in [2.05, 4.69) is 25.7 Å². The van der Waals surface area contributed by atoms with Crippen LogP contribution >= 0.6 is 30.8 Å². The van der Waals surface area contributed by atoms with Crippen LogP contribution in [-0.2, 0) is 30.1 Å². The summed E-state index contributed by atoms with van der Waals surface area (Å²) in [5.74, 6) is -1.30. The van der Waals surface area contributed by atoms with Crippen LogP contribution < -0.4 is 10.6 Å². The van der Waals surface area contributed by atoms with Crippen molar-refractivity contribution in [2.75, 3.05) is 18.0 Å². The normalized spacial score (nSPS) is 24.5. The van der Waals surface area contributed by atoms with Crippen LogP contribution in [-0.4, -0.2) is 72.2 Å². The van der Waals surface area contributed by atoms with E-state index in [1.807, 2.05) is 18.2 Å². The molecule has 2 saturated heterocycles. The summed E-state index contributed by atoms with van der Waals surface area (Å²) in [6.07, 6.45) is -2.06. The monoisotopic (exact) mass is 586 g/mol. The highest BCUT2D eigenvalue weighted by Crippen LogP contribution is 2.44. The molecule has 2 aliphatic heterocycles. The number of hydrogen-bond donors (Lipinski definition) is 4. The number of nitrogens with zero attached hydrogens (tertiary/aromatic N) is 4. The van der Waals surface area contributed by atoms with Gasteiger partial charge in [0.15, 0.2) is 17.7 Å². The fraction of sp³-hybridized carbons (Fsp3) is 0.455. The molecule has 0 spiro atoms. The third kappa shape index (κ3) is 5.80. The lowest BCUT2D eigenvalue weighted by molar-refractivity contribution is -0.197. The summed E-state index contributed by atoms with van der Waals surface area (Å²) in [5, 5.41) is 11.4. The number of amides is 1. The van der Waals surface area contributed by atoms with Gasteiger partial charge in [0.25, 0.3) is 0 Å². The number of fused-ring (bicyclic) bond motifs is 2. The maximum atomic E-state index is 12.0. The van der Waals surface area contributed by atoms with E-state index in [9.17, 15) is 9.36 Å². The highest BCUT2D eigenvalue weighted by atomic mass is 35.5. The maximum Gasteiger partial charge on any atom is 0.334 e. The van der Waals surface area contributed by atoms with Gasteiger partial charge < -0.3 is 34.6 Å². The Bertz CT molecular complexity index is 1420. The highest BCUT2D eigenvalue weighted by molar-refractivity contribution is 7.52. The number of carbonyl (C=O) groups excluding carboxylic acids is 1. The number of ether oxygens (including phenoxy) is 3. The summed E-state index contributed by atoms with van der Waals surface area (Å²) in [5.41, 5.74) is 1.25. The lowest BCUT2D eigenvalue weighted by Crippen LogP contribution is -2.40. The predicted molar refractivity (Wildman–Crippen MR) is 137 cm³/mol. The van der Waals surface area contributed by atoms with Crippen molar-refractivity contribution in [1.29, 1.82) is 0 Å². The van der Waals surface area contributed by atoms with Crippen LogP contribution in [0.2, 0.25) is 10.3 Å². The summed E-state index contributed by atoms with van der Waals surface area (Å²) in [6, 6.07) is 7.41. The minimum atomic E-state index is -4.51. The van der Waals surface area contributed by atoms with Crippen molar-refractivity contribution >= 4 is 53.6 Å². The fourth-order valence-electron chi connectivity index (χ4n) is 4.52. The van der Waals surface area contributed by atoms with Gasteiger partial charge in [-0.1, -0.05) is 29.8 Å². The number of halogens is 2. The number of hydrogen-bond acceptors (Lipinski definition) is 9. The Balaban J connectivity index is 1.40. The molecule has 1 aromatic carbocycles. The lowest BCUT2D eigenvalue weighted by Gasteiger charge is -2.24. The van der Waals surface area contributed by atoms with Crippen molar-refractivity contribution in [3.63, 3.8) is 0 Å². The van der Waals surface area contributed by atoms with Crippen LogP contribution in [0.3, 0.4) is 0 Å². The largest absolute Gasteiger partial charge is 0.365 e. The number of nitrogens with one attached hydrogen (secondary N) is 2. The molecule has 13 nitrogen and oxygen atoms in total. The van der Waals surface area contributed by atoms with Crippen molar-refractivity contribution in [3.05, 3.63) is 46.3 Å². The number of carbonyl (C=O) groups is 1. The zero-order valence-corrected chi connectivity index (χ0v) is 22.7. The van der Waals surface area contributed by atoms with Gasteiger partial charge in [-0.3, -0.25) is 9.36 Å².